The van der Waals surface area contributed by atoms with Gasteiger partial charge in [-0.15, -0.1) is 0 Å². The zero-order chi connectivity index (χ0) is 17.1. The van der Waals surface area contributed by atoms with E-state index >= 15 is 0 Å². The van der Waals surface area contributed by atoms with E-state index in [0.717, 1.165) is 31.7 Å². The summed E-state index contributed by atoms with van der Waals surface area (Å²) in [4.78, 5) is 23.7. The predicted octanol–water partition coefficient (Wildman–Crippen LogP) is 1.98. The summed E-state index contributed by atoms with van der Waals surface area (Å²) < 4.78 is 13.2. The number of hydrogen-bond acceptors (Lipinski definition) is 3. The molecule has 0 aliphatic heterocycles. The Morgan fingerprint density at radius 2 is 1.78 bits per heavy atom. The summed E-state index contributed by atoms with van der Waals surface area (Å²) in [6.45, 7) is 0.769. The molecule has 126 valence electrons. The molecule has 0 spiro atoms. The predicted molar refractivity (Wildman–Crippen MR) is 82.4 cm³/mol. The lowest BCUT2D eigenvalue weighted by molar-refractivity contribution is -0.156. The first-order chi connectivity index (χ1) is 10.8. The van der Waals surface area contributed by atoms with E-state index in [9.17, 15) is 19.1 Å². The van der Waals surface area contributed by atoms with Gasteiger partial charge in [0.2, 0.25) is 5.91 Å². The molecule has 6 heteroatoms. The molecule has 1 aliphatic rings. The zero-order valence-corrected chi connectivity index (χ0v) is 13.1. The number of halogens is 1. The fourth-order valence-corrected chi connectivity index (χ4v) is 3.07. The molecule has 1 saturated carbocycles. The molecule has 1 fully saturated rings. The largest absolute Gasteiger partial charge is 0.479 e. The molecule has 1 amide bonds. The van der Waals surface area contributed by atoms with E-state index in [1.807, 2.05) is 0 Å². The maximum Gasteiger partial charge on any atom is 0.337 e. The van der Waals surface area contributed by atoms with Gasteiger partial charge in [0.05, 0.1) is 12.0 Å². The molecule has 0 aromatic heterocycles. The fourth-order valence-electron chi connectivity index (χ4n) is 3.07. The Bertz CT molecular complexity index is 577. The van der Waals surface area contributed by atoms with Crippen LogP contribution in [0.1, 0.15) is 44.6 Å². The van der Waals surface area contributed by atoms with Crippen molar-refractivity contribution >= 4 is 11.9 Å². The van der Waals surface area contributed by atoms with E-state index in [1.54, 1.807) is 12.1 Å². The summed E-state index contributed by atoms with van der Waals surface area (Å²) in [5.74, 6) is -2.07. The topological polar surface area (TPSA) is 86.6 Å². The maximum atomic E-state index is 13.2. The summed E-state index contributed by atoms with van der Waals surface area (Å²) in [5.41, 5.74) is -2.08. The van der Waals surface area contributed by atoms with Crippen LogP contribution >= 0.6 is 0 Å². The minimum absolute atomic E-state index is 0.315. The van der Waals surface area contributed by atoms with Crippen molar-refractivity contribution < 1.29 is 24.2 Å². The van der Waals surface area contributed by atoms with Crippen LogP contribution in [0, 0.1) is 5.82 Å². The van der Waals surface area contributed by atoms with Crippen molar-refractivity contribution in [2.75, 3.05) is 6.54 Å². The number of hydrogen-bond donors (Lipinski definition) is 3. The summed E-state index contributed by atoms with van der Waals surface area (Å²) >= 11 is 0. The molecular formula is C17H22FNO4. The van der Waals surface area contributed by atoms with E-state index in [1.165, 1.54) is 12.1 Å². The molecular weight excluding hydrogens is 301 g/mol. The number of benzene rings is 1. The van der Waals surface area contributed by atoms with Crippen LogP contribution in [0.3, 0.4) is 0 Å². The Balaban J connectivity index is 2.22. The second-order valence-corrected chi connectivity index (χ2v) is 6.41. The fraction of sp³-hybridized carbons (Fsp3) is 0.529. The van der Waals surface area contributed by atoms with Crippen molar-refractivity contribution in [3.63, 3.8) is 0 Å². The van der Waals surface area contributed by atoms with E-state index in [-0.39, 0.29) is 18.3 Å². The van der Waals surface area contributed by atoms with Crippen LogP contribution in [0.15, 0.2) is 24.3 Å². The molecule has 1 unspecified atom stereocenters. The molecule has 1 aromatic carbocycles. The first-order valence-electron chi connectivity index (χ1n) is 7.78. The third-order valence-electron chi connectivity index (χ3n) is 4.59. The van der Waals surface area contributed by atoms with Crippen LogP contribution in [-0.4, -0.2) is 34.2 Å². The Hall–Kier alpha value is -1.95. The van der Waals surface area contributed by atoms with Gasteiger partial charge in [0, 0.05) is 0 Å². The highest BCUT2D eigenvalue weighted by molar-refractivity contribution is 5.89. The smallest absolute Gasteiger partial charge is 0.337 e. The van der Waals surface area contributed by atoms with Crippen molar-refractivity contribution in [2.45, 2.75) is 50.0 Å². The summed E-state index contributed by atoms with van der Waals surface area (Å²) in [7, 11) is 0. The average Bonchev–Trinajstić information content (AvgIpc) is 2.53. The van der Waals surface area contributed by atoms with Crippen molar-refractivity contribution in [1.82, 2.24) is 5.32 Å². The van der Waals surface area contributed by atoms with E-state index in [0.29, 0.717) is 12.8 Å². The maximum absolute atomic E-state index is 13.2. The highest BCUT2D eigenvalue weighted by Gasteiger charge is 2.42. The van der Waals surface area contributed by atoms with Crippen LogP contribution in [-0.2, 0) is 15.0 Å². The molecule has 0 heterocycles. The van der Waals surface area contributed by atoms with Crippen LogP contribution in [0.5, 0.6) is 0 Å². The van der Waals surface area contributed by atoms with Gasteiger partial charge in [-0.1, -0.05) is 31.4 Å². The Morgan fingerprint density at radius 3 is 2.30 bits per heavy atom. The highest BCUT2D eigenvalue weighted by Crippen LogP contribution is 2.39. The molecule has 23 heavy (non-hydrogen) atoms. The lowest BCUT2D eigenvalue weighted by Crippen LogP contribution is -2.52. The molecule has 0 saturated heterocycles. The minimum atomic E-state index is -2.02. The number of rotatable bonds is 5. The number of aliphatic carboxylic acids is 1. The molecule has 1 aliphatic carbocycles. The van der Waals surface area contributed by atoms with Gasteiger partial charge < -0.3 is 15.5 Å². The lowest BCUT2D eigenvalue weighted by Gasteiger charge is -2.37. The minimum Gasteiger partial charge on any atom is -0.479 e. The number of aliphatic hydroxyl groups is 1. The van der Waals surface area contributed by atoms with Crippen LogP contribution in [0.25, 0.3) is 0 Å². The number of carboxylic acid groups (broad SMARTS) is 1. The molecule has 0 radical (unpaired) electrons. The Kier molecular flexibility index (Phi) is 5.04. The average molecular weight is 323 g/mol. The van der Waals surface area contributed by atoms with E-state index in [4.69, 9.17) is 5.11 Å². The molecule has 0 bridgehead atoms. The Morgan fingerprint density at radius 1 is 1.22 bits per heavy atom. The first kappa shape index (κ1) is 17.4. The molecule has 1 aromatic rings. The van der Waals surface area contributed by atoms with Crippen molar-refractivity contribution in [1.29, 1.82) is 0 Å². The van der Waals surface area contributed by atoms with Gasteiger partial charge in [-0.3, -0.25) is 4.79 Å². The number of nitrogens with one attached hydrogen (secondary N) is 1. The standard InChI is InChI=1S/C17H22FNO4/c1-16(23,15(21)22)11-19-14(20)17(9-3-2-4-10-17)12-5-7-13(18)8-6-12/h5-8,23H,2-4,9-11H2,1H3,(H,19,20)(H,21,22). The van der Waals surface area contributed by atoms with Gasteiger partial charge in [-0.05, 0) is 37.5 Å². The van der Waals surface area contributed by atoms with Gasteiger partial charge in [0.25, 0.3) is 0 Å². The van der Waals surface area contributed by atoms with Gasteiger partial charge >= 0.3 is 5.97 Å². The quantitative estimate of drug-likeness (QED) is 0.773. The monoisotopic (exact) mass is 323 g/mol. The van der Waals surface area contributed by atoms with Crippen LogP contribution < -0.4 is 5.32 Å². The summed E-state index contributed by atoms with van der Waals surface area (Å²) in [5, 5.41) is 21.3. The molecule has 3 N–H and O–H groups in total. The zero-order valence-electron chi connectivity index (χ0n) is 13.1. The number of carbonyl (C=O) groups is 2. The van der Waals surface area contributed by atoms with Gasteiger partial charge in [0.1, 0.15) is 5.82 Å². The highest BCUT2D eigenvalue weighted by atomic mass is 19.1. The Labute approximate surface area is 134 Å². The molecule has 5 nitrogen and oxygen atoms in total. The number of carboxylic acids is 1. The molecule has 1 atom stereocenters. The summed E-state index contributed by atoms with van der Waals surface area (Å²) in [6.07, 6.45) is 4.03. The van der Waals surface area contributed by atoms with Gasteiger partial charge in [-0.25, -0.2) is 9.18 Å². The van der Waals surface area contributed by atoms with Crippen molar-refractivity contribution in [3.8, 4) is 0 Å². The third-order valence-corrected chi connectivity index (χ3v) is 4.59. The van der Waals surface area contributed by atoms with E-state index in [2.05, 4.69) is 5.32 Å². The van der Waals surface area contributed by atoms with Gasteiger partial charge in [-0.2, -0.15) is 0 Å². The third kappa shape index (κ3) is 3.69. The lowest BCUT2D eigenvalue weighted by atomic mass is 9.68. The molecule has 2 rings (SSSR count). The second-order valence-electron chi connectivity index (χ2n) is 6.41. The van der Waals surface area contributed by atoms with Gasteiger partial charge in [0.15, 0.2) is 5.60 Å². The SMILES string of the molecule is CC(O)(CNC(=O)C1(c2ccc(F)cc2)CCCCC1)C(=O)O. The number of amides is 1. The van der Waals surface area contributed by atoms with Crippen LogP contribution in [0.4, 0.5) is 4.39 Å². The summed E-state index contributed by atoms with van der Waals surface area (Å²) in [6, 6.07) is 5.86. The van der Waals surface area contributed by atoms with Crippen molar-refractivity contribution in [2.24, 2.45) is 0 Å². The van der Waals surface area contributed by atoms with Crippen LogP contribution in [0.2, 0.25) is 0 Å². The normalized spacial score (nSPS) is 19.6. The van der Waals surface area contributed by atoms with E-state index < -0.39 is 17.0 Å². The second kappa shape index (κ2) is 6.66. The first-order valence-corrected chi connectivity index (χ1v) is 7.78. The number of carbonyl (C=O) groups excluding carboxylic acids is 1. The van der Waals surface area contributed by atoms with Crippen molar-refractivity contribution in [3.05, 3.63) is 35.6 Å².